The van der Waals surface area contributed by atoms with Gasteiger partial charge in [-0.1, -0.05) is 31.5 Å². The Hall–Kier alpha value is -1.02. The van der Waals surface area contributed by atoms with Gasteiger partial charge in [-0.2, -0.15) is 0 Å². The van der Waals surface area contributed by atoms with Crippen molar-refractivity contribution in [1.82, 2.24) is 0 Å². The number of benzene rings is 1. The van der Waals surface area contributed by atoms with Crippen LogP contribution in [0.1, 0.15) is 38.2 Å². The molecule has 1 aliphatic carbocycles. The van der Waals surface area contributed by atoms with Gasteiger partial charge in [0.2, 0.25) is 0 Å². The summed E-state index contributed by atoms with van der Waals surface area (Å²) in [7, 11) is 4.05. The zero-order valence-electron chi connectivity index (χ0n) is 11.0. The van der Waals surface area contributed by atoms with Crippen molar-refractivity contribution in [2.45, 2.75) is 43.7 Å². The van der Waals surface area contributed by atoms with Gasteiger partial charge < -0.3 is 9.64 Å². The molecule has 2 nitrogen and oxygen atoms in total. The maximum atomic E-state index is 6.03. The fourth-order valence-electron chi connectivity index (χ4n) is 4.09. The molecule has 0 amide bonds. The summed E-state index contributed by atoms with van der Waals surface area (Å²) in [6.07, 6.45) is 4.93. The van der Waals surface area contributed by atoms with E-state index in [0.717, 1.165) is 6.42 Å². The van der Waals surface area contributed by atoms with Gasteiger partial charge >= 0.3 is 0 Å². The number of methoxy groups -OCH3 is 1. The van der Waals surface area contributed by atoms with Crippen molar-refractivity contribution < 1.29 is 4.74 Å². The number of fused-ring (bicyclic) bond motifs is 3. The number of rotatable bonds is 1. The fraction of sp³-hybridized carbons (Fsp3) is 0.600. The Morgan fingerprint density at radius 2 is 1.88 bits per heavy atom. The van der Waals surface area contributed by atoms with Gasteiger partial charge in [0, 0.05) is 25.3 Å². The highest BCUT2D eigenvalue weighted by Gasteiger charge is 2.59. The molecule has 1 aromatic carbocycles. The second-order valence-corrected chi connectivity index (χ2v) is 5.60. The van der Waals surface area contributed by atoms with Gasteiger partial charge in [-0.3, -0.25) is 0 Å². The largest absolute Gasteiger partial charge is 0.358 e. The monoisotopic (exact) mass is 231 g/mol. The third-order valence-electron chi connectivity index (χ3n) is 5.04. The van der Waals surface area contributed by atoms with Crippen LogP contribution < -0.4 is 4.90 Å². The third-order valence-corrected chi connectivity index (χ3v) is 5.04. The minimum Gasteiger partial charge on any atom is -0.358 e. The second kappa shape index (κ2) is 3.49. The Balaban J connectivity index is 2.23. The van der Waals surface area contributed by atoms with Crippen LogP contribution in [-0.2, 0) is 10.2 Å². The molecule has 0 N–H and O–H groups in total. The number of para-hydroxylation sites is 1. The van der Waals surface area contributed by atoms with Crippen molar-refractivity contribution in [2.75, 3.05) is 19.1 Å². The van der Waals surface area contributed by atoms with E-state index in [4.69, 9.17) is 4.74 Å². The first kappa shape index (κ1) is 11.1. The van der Waals surface area contributed by atoms with E-state index in [9.17, 15) is 0 Å². The molecule has 1 heterocycles. The molecule has 2 aliphatic rings. The van der Waals surface area contributed by atoms with Gasteiger partial charge in [0.25, 0.3) is 0 Å². The quantitative estimate of drug-likeness (QED) is 0.735. The number of anilines is 1. The highest BCUT2D eigenvalue weighted by Crippen LogP contribution is 2.57. The summed E-state index contributed by atoms with van der Waals surface area (Å²) in [5.74, 6) is 0. The highest BCUT2D eigenvalue weighted by molar-refractivity contribution is 5.65. The molecule has 92 valence electrons. The van der Waals surface area contributed by atoms with Crippen LogP contribution in [0.2, 0.25) is 0 Å². The van der Waals surface area contributed by atoms with E-state index in [-0.39, 0.29) is 11.1 Å². The predicted molar refractivity (Wildman–Crippen MR) is 70.4 cm³/mol. The molecule has 0 saturated heterocycles. The normalized spacial score (nSPS) is 35.6. The summed E-state index contributed by atoms with van der Waals surface area (Å²) >= 11 is 0. The second-order valence-electron chi connectivity index (χ2n) is 5.60. The zero-order chi connectivity index (χ0) is 12.1. The number of hydrogen-bond acceptors (Lipinski definition) is 2. The Bertz CT molecular complexity index is 444. The molecular weight excluding hydrogens is 210 g/mol. The molecule has 1 aromatic rings. The Labute approximate surface area is 104 Å². The van der Waals surface area contributed by atoms with E-state index in [1.807, 2.05) is 7.11 Å². The van der Waals surface area contributed by atoms with E-state index in [1.54, 1.807) is 0 Å². The molecular formula is C15H21NO. The molecule has 2 atom stereocenters. The molecule has 1 saturated carbocycles. The predicted octanol–water partition coefficient (Wildman–Crippen LogP) is 3.31. The molecule has 1 fully saturated rings. The molecule has 0 aromatic heterocycles. The standard InChI is InChI=1S/C15H21NO/c1-14-10-6-7-11-15(14,17-3)16(2)13-9-5-4-8-12(13)14/h4-5,8-9H,6-7,10-11H2,1-3H3. The van der Waals surface area contributed by atoms with Crippen molar-refractivity contribution in [3.8, 4) is 0 Å². The van der Waals surface area contributed by atoms with E-state index < -0.39 is 0 Å². The molecule has 0 bridgehead atoms. The SMILES string of the molecule is COC12CCCCC1(C)c1ccccc1N2C. The lowest BCUT2D eigenvalue weighted by atomic mass is 9.67. The minimum absolute atomic E-state index is 0.130. The molecule has 3 rings (SSSR count). The molecule has 0 spiro atoms. The fourth-order valence-corrected chi connectivity index (χ4v) is 4.09. The maximum Gasteiger partial charge on any atom is 0.150 e. The minimum atomic E-state index is -0.130. The van der Waals surface area contributed by atoms with Crippen LogP contribution in [0.15, 0.2) is 24.3 Å². The average Bonchev–Trinajstić information content (AvgIpc) is 2.58. The van der Waals surface area contributed by atoms with Crippen LogP contribution in [-0.4, -0.2) is 19.9 Å². The van der Waals surface area contributed by atoms with Gasteiger partial charge in [-0.25, -0.2) is 0 Å². The topological polar surface area (TPSA) is 12.5 Å². The maximum absolute atomic E-state index is 6.03. The molecule has 1 aliphatic heterocycles. The van der Waals surface area contributed by atoms with E-state index in [2.05, 4.69) is 43.1 Å². The van der Waals surface area contributed by atoms with E-state index in [1.165, 1.54) is 30.5 Å². The number of likely N-dealkylation sites (N-methyl/N-ethyl adjacent to an activating group) is 1. The lowest BCUT2D eigenvalue weighted by molar-refractivity contribution is -0.0843. The smallest absolute Gasteiger partial charge is 0.150 e. The van der Waals surface area contributed by atoms with E-state index >= 15 is 0 Å². The van der Waals surface area contributed by atoms with Crippen molar-refractivity contribution in [3.63, 3.8) is 0 Å². The van der Waals surface area contributed by atoms with Crippen LogP contribution in [0, 0.1) is 0 Å². The Morgan fingerprint density at radius 3 is 2.65 bits per heavy atom. The van der Waals surface area contributed by atoms with E-state index in [0.29, 0.717) is 0 Å². The summed E-state index contributed by atoms with van der Waals surface area (Å²) < 4.78 is 6.03. The van der Waals surface area contributed by atoms with Crippen LogP contribution >= 0.6 is 0 Å². The van der Waals surface area contributed by atoms with Crippen LogP contribution in [0.4, 0.5) is 5.69 Å². The molecule has 0 radical (unpaired) electrons. The Morgan fingerprint density at radius 1 is 1.18 bits per heavy atom. The molecule has 2 unspecified atom stereocenters. The molecule has 2 heteroatoms. The Kier molecular flexibility index (Phi) is 2.27. The summed E-state index contributed by atoms with van der Waals surface area (Å²) in [6, 6.07) is 8.77. The van der Waals surface area contributed by atoms with Crippen LogP contribution in [0.3, 0.4) is 0 Å². The summed E-state index contributed by atoms with van der Waals surface area (Å²) in [5.41, 5.74) is 2.82. The number of hydrogen-bond donors (Lipinski definition) is 0. The summed E-state index contributed by atoms with van der Waals surface area (Å²) in [5, 5.41) is 0. The number of ether oxygens (including phenoxy) is 1. The lowest BCUT2D eigenvalue weighted by Gasteiger charge is -2.50. The van der Waals surface area contributed by atoms with Crippen molar-refractivity contribution in [1.29, 1.82) is 0 Å². The van der Waals surface area contributed by atoms with Gasteiger partial charge in [-0.15, -0.1) is 0 Å². The first-order valence-electron chi connectivity index (χ1n) is 6.54. The summed E-state index contributed by atoms with van der Waals surface area (Å²) in [4.78, 5) is 2.36. The van der Waals surface area contributed by atoms with Crippen LogP contribution in [0.25, 0.3) is 0 Å². The van der Waals surface area contributed by atoms with Gasteiger partial charge in [0.1, 0.15) is 5.72 Å². The number of nitrogens with zero attached hydrogens (tertiary/aromatic N) is 1. The lowest BCUT2D eigenvalue weighted by Crippen LogP contribution is -2.58. The zero-order valence-corrected chi connectivity index (χ0v) is 11.0. The first-order chi connectivity index (χ1) is 8.16. The van der Waals surface area contributed by atoms with Gasteiger partial charge in [0.15, 0.2) is 0 Å². The highest BCUT2D eigenvalue weighted by atomic mass is 16.5. The molecule has 17 heavy (non-hydrogen) atoms. The van der Waals surface area contributed by atoms with Crippen LogP contribution in [0.5, 0.6) is 0 Å². The summed E-state index contributed by atoms with van der Waals surface area (Å²) in [6.45, 7) is 2.37. The van der Waals surface area contributed by atoms with Gasteiger partial charge in [-0.05, 0) is 30.9 Å². The van der Waals surface area contributed by atoms with Crippen molar-refractivity contribution in [3.05, 3.63) is 29.8 Å². The average molecular weight is 231 g/mol. The third kappa shape index (κ3) is 1.14. The van der Waals surface area contributed by atoms with Crippen molar-refractivity contribution in [2.24, 2.45) is 0 Å². The van der Waals surface area contributed by atoms with Crippen molar-refractivity contribution >= 4 is 5.69 Å². The van der Waals surface area contributed by atoms with Gasteiger partial charge in [0.05, 0.1) is 0 Å². The first-order valence-corrected chi connectivity index (χ1v) is 6.54.